The van der Waals surface area contributed by atoms with E-state index in [0.717, 1.165) is 29.2 Å². The summed E-state index contributed by atoms with van der Waals surface area (Å²) < 4.78 is 58.5. The number of anilines is 2. The predicted octanol–water partition coefficient (Wildman–Crippen LogP) is 4.69. The Balaban J connectivity index is 1.88. The number of nitrogens with two attached hydrogens (primary N) is 2. The van der Waals surface area contributed by atoms with Crippen molar-refractivity contribution >= 4 is 40.6 Å². The Morgan fingerprint density at radius 3 is 2.25 bits per heavy atom. The van der Waals surface area contributed by atoms with Crippen molar-refractivity contribution in [2.45, 2.75) is 18.8 Å². The summed E-state index contributed by atoms with van der Waals surface area (Å²) in [6.07, 6.45) is -4.77. The number of carbonyl (C=O) groups is 3. The van der Waals surface area contributed by atoms with Crippen LogP contribution >= 0.6 is 11.5 Å². The summed E-state index contributed by atoms with van der Waals surface area (Å²) >= 11 is 0.501. The lowest BCUT2D eigenvalue weighted by Gasteiger charge is -2.31. The Morgan fingerprint density at radius 1 is 0.975 bits per heavy atom. The third kappa shape index (κ3) is 6.10. The summed E-state index contributed by atoms with van der Waals surface area (Å²) in [4.78, 5) is 39.8. The summed E-state index contributed by atoms with van der Waals surface area (Å²) in [5.41, 5.74) is 9.85. The van der Waals surface area contributed by atoms with Crippen molar-refractivity contribution in [3.8, 4) is 0 Å². The van der Waals surface area contributed by atoms with E-state index in [4.69, 9.17) is 11.5 Å². The van der Waals surface area contributed by atoms with E-state index in [1.807, 2.05) is 0 Å². The topological polar surface area (TPSA) is 131 Å². The smallest absolute Gasteiger partial charge is 0.395 e. The maximum absolute atomic E-state index is 14.0. The number of nitrogen functional groups attached to an aromatic ring is 1. The zero-order valence-electron chi connectivity index (χ0n) is 20.5. The second-order valence-electron chi connectivity index (χ2n) is 8.52. The molecule has 5 N–H and O–H groups in total. The van der Waals surface area contributed by atoms with Gasteiger partial charge < -0.3 is 16.8 Å². The van der Waals surface area contributed by atoms with E-state index in [2.05, 4.69) is 9.69 Å². The summed E-state index contributed by atoms with van der Waals surface area (Å²) in [6, 6.07) is 15.5. The number of nitrogens with zero attached hydrogens (tertiary/aromatic N) is 2. The molecule has 0 aliphatic heterocycles. The van der Waals surface area contributed by atoms with Crippen molar-refractivity contribution in [1.29, 1.82) is 0 Å². The molecule has 1 atom stereocenters. The van der Waals surface area contributed by atoms with Gasteiger partial charge in [0.05, 0.1) is 11.3 Å². The van der Waals surface area contributed by atoms with Gasteiger partial charge in [-0.25, -0.2) is 4.39 Å². The number of benzene rings is 3. The van der Waals surface area contributed by atoms with Gasteiger partial charge in [-0.1, -0.05) is 48.5 Å². The Bertz CT molecular complexity index is 1540. The molecule has 1 aromatic heterocycles. The molecule has 3 amide bonds. The highest BCUT2D eigenvalue weighted by atomic mass is 32.1. The Kier molecular flexibility index (Phi) is 8.14. The van der Waals surface area contributed by atoms with Gasteiger partial charge >= 0.3 is 6.18 Å². The first kappa shape index (κ1) is 28.2. The van der Waals surface area contributed by atoms with Gasteiger partial charge in [0.15, 0.2) is 5.69 Å². The Labute approximate surface area is 229 Å². The maximum Gasteiger partial charge on any atom is 0.416 e. The van der Waals surface area contributed by atoms with Gasteiger partial charge in [0.25, 0.3) is 11.8 Å². The Hall–Kier alpha value is -4.78. The molecule has 13 heteroatoms. The quantitative estimate of drug-likeness (QED) is 0.264. The van der Waals surface area contributed by atoms with Crippen molar-refractivity contribution in [3.05, 3.63) is 112 Å². The number of halogens is 4. The van der Waals surface area contributed by atoms with Gasteiger partial charge in [-0.3, -0.25) is 19.3 Å². The molecular weight excluding hydrogens is 550 g/mol. The second-order valence-corrected chi connectivity index (χ2v) is 9.29. The minimum Gasteiger partial charge on any atom is -0.395 e. The van der Waals surface area contributed by atoms with Crippen LogP contribution in [0.1, 0.15) is 42.9 Å². The first-order chi connectivity index (χ1) is 19.0. The third-order valence-electron chi connectivity index (χ3n) is 5.83. The van der Waals surface area contributed by atoms with E-state index in [1.165, 1.54) is 18.2 Å². The van der Waals surface area contributed by atoms with E-state index in [-0.39, 0.29) is 28.4 Å². The molecule has 0 bridgehead atoms. The van der Waals surface area contributed by atoms with E-state index in [1.54, 1.807) is 30.3 Å². The van der Waals surface area contributed by atoms with Crippen LogP contribution in [0.4, 0.5) is 28.9 Å². The lowest BCUT2D eigenvalue weighted by molar-refractivity contribution is -0.137. The number of primary amides is 1. The second kappa shape index (κ2) is 11.5. The average molecular weight is 572 g/mol. The minimum absolute atomic E-state index is 0.0243. The molecule has 0 unspecified atom stereocenters. The first-order valence-electron chi connectivity index (χ1n) is 11.6. The molecule has 0 aliphatic carbocycles. The van der Waals surface area contributed by atoms with Crippen molar-refractivity contribution < 1.29 is 31.9 Å². The lowest BCUT2D eigenvalue weighted by atomic mass is 10.0. The number of hydrogen-bond acceptors (Lipinski definition) is 6. The third-order valence-corrected chi connectivity index (χ3v) is 6.68. The zero-order valence-corrected chi connectivity index (χ0v) is 21.3. The largest absolute Gasteiger partial charge is 0.416 e. The SMILES string of the molecule is NC(=O)c1nsc(C(=O)N(c2cccc(C(F)(F)F)c2)[C@@H](C(=O)NCc2ccccc2)c2ccc(F)cc2)c1N. The number of aromatic nitrogens is 1. The zero-order chi connectivity index (χ0) is 29.0. The van der Waals surface area contributed by atoms with Gasteiger partial charge in [-0.05, 0) is 53.0 Å². The van der Waals surface area contributed by atoms with E-state index in [0.29, 0.717) is 23.2 Å². The summed E-state index contributed by atoms with van der Waals surface area (Å²) in [6.45, 7) is 0.0243. The summed E-state index contributed by atoms with van der Waals surface area (Å²) in [5.74, 6) is -3.46. The molecule has 0 spiro atoms. The van der Waals surface area contributed by atoms with E-state index >= 15 is 0 Å². The molecule has 3 aromatic carbocycles. The highest BCUT2D eigenvalue weighted by molar-refractivity contribution is 7.09. The number of rotatable bonds is 8. The van der Waals surface area contributed by atoms with Gasteiger partial charge in [-0.2, -0.15) is 17.5 Å². The van der Waals surface area contributed by atoms with Crippen LogP contribution in [0.15, 0.2) is 78.9 Å². The molecule has 4 rings (SSSR count). The van der Waals surface area contributed by atoms with Crippen LogP contribution in [0.2, 0.25) is 0 Å². The fraction of sp³-hybridized carbons (Fsp3) is 0.111. The number of alkyl halides is 3. The molecule has 1 heterocycles. The molecule has 4 aromatic rings. The summed E-state index contributed by atoms with van der Waals surface area (Å²) in [5, 5.41) is 2.69. The summed E-state index contributed by atoms with van der Waals surface area (Å²) in [7, 11) is 0. The van der Waals surface area contributed by atoms with E-state index < -0.39 is 47.0 Å². The minimum atomic E-state index is -4.77. The van der Waals surface area contributed by atoms with Crippen LogP contribution in [-0.2, 0) is 17.5 Å². The molecule has 8 nitrogen and oxygen atoms in total. The highest BCUT2D eigenvalue weighted by Crippen LogP contribution is 2.37. The van der Waals surface area contributed by atoms with Crippen molar-refractivity contribution in [2.75, 3.05) is 10.6 Å². The van der Waals surface area contributed by atoms with Gasteiger partial charge in [-0.15, -0.1) is 0 Å². The molecule has 0 saturated heterocycles. The van der Waals surface area contributed by atoms with Crippen molar-refractivity contribution in [2.24, 2.45) is 5.73 Å². The Morgan fingerprint density at radius 2 is 1.65 bits per heavy atom. The fourth-order valence-electron chi connectivity index (χ4n) is 3.90. The van der Waals surface area contributed by atoms with Crippen LogP contribution in [-0.4, -0.2) is 22.1 Å². The van der Waals surface area contributed by atoms with Crippen molar-refractivity contribution in [1.82, 2.24) is 9.69 Å². The monoisotopic (exact) mass is 571 g/mol. The predicted molar refractivity (Wildman–Crippen MR) is 141 cm³/mol. The molecular formula is C27H21F4N5O3S. The van der Waals surface area contributed by atoms with Crippen LogP contribution < -0.4 is 21.7 Å². The standard InChI is InChI=1S/C27H21F4N5O3S/c28-18-11-9-16(10-12-18)22(25(38)34-14-15-5-2-1-3-6-15)36(19-8-4-7-17(13-19)27(29,30)31)26(39)23-20(32)21(24(33)37)35-40-23/h1-13,22H,14,32H2,(H2,33,37)(H,34,38)/t22-/m1/s1. The number of hydrogen-bond donors (Lipinski definition) is 3. The fourth-order valence-corrected chi connectivity index (χ4v) is 4.64. The molecule has 0 saturated carbocycles. The van der Waals surface area contributed by atoms with Crippen LogP contribution in [0.3, 0.4) is 0 Å². The normalized spacial score (nSPS) is 12.0. The number of carbonyl (C=O) groups excluding carboxylic acids is 3. The van der Waals surface area contributed by atoms with Gasteiger partial charge in [0.1, 0.15) is 16.7 Å². The molecule has 0 radical (unpaired) electrons. The molecule has 206 valence electrons. The molecule has 0 aliphatic rings. The van der Waals surface area contributed by atoms with Gasteiger partial charge in [0.2, 0.25) is 5.91 Å². The van der Waals surface area contributed by atoms with Crippen LogP contribution in [0.25, 0.3) is 0 Å². The number of nitrogens with one attached hydrogen (secondary N) is 1. The molecule has 40 heavy (non-hydrogen) atoms. The van der Waals surface area contributed by atoms with Gasteiger partial charge in [0, 0.05) is 12.2 Å². The van der Waals surface area contributed by atoms with Crippen LogP contribution in [0, 0.1) is 5.82 Å². The van der Waals surface area contributed by atoms with Crippen molar-refractivity contribution in [3.63, 3.8) is 0 Å². The average Bonchev–Trinajstić information content (AvgIpc) is 3.32. The number of amides is 3. The lowest BCUT2D eigenvalue weighted by Crippen LogP contribution is -2.44. The maximum atomic E-state index is 14.0. The molecule has 0 fully saturated rings. The first-order valence-corrected chi connectivity index (χ1v) is 12.4. The van der Waals surface area contributed by atoms with Crippen LogP contribution in [0.5, 0.6) is 0 Å². The highest BCUT2D eigenvalue weighted by Gasteiger charge is 2.38. The van der Waals surface area contributed by atoms with E-state index in [9.17, 15) is 31.9 Å².